The molecule has 0 bridgehead atoms. The zero-order valence-corrected chi connectivity index (χ0v) is 20.7. The second-order valence-corrected chi connectivity index (χ2v) is 9.78. The van der Waals surface area contributed by atoms with E-state index in [1.807, 2.05) is 25.4 Å². The van der Waals surface area contributed by atoms with E-state index in [0.29, 0.717) is 24.4 Å². The smallest absolute Gasteiger partial charge is 0.227 e. The monoisotopic (exact) mass is 550 g/mol. The summed E-state index contributed by atoms with van der Waals surface area (Å²) < 4.78 is 3.23. The second kappa shape index (κ2) is 10.2. The molecule has 4 rings (SSSR count). The van der Waals surface area contributed by atoms with Crippen LogP contribution in [0.4, 0.5) is 11.8 Å². The maximum Gasteiger partial charge on any atom is 0.227 e. The predicted octanol–water partition coefficient (Wildman–Crippen LogP) is 4.83. The molecule has 2 heterocycles. The summed E-state index contributed by atoms with van der Waals surface area (Å²) in [5, 5.41) is 27.0. The van der Waals surface area contributed by atoms with Gasteiger partial charge in [0.25, 0.3) is 0 Å². The lowest BCUT2D eigenvalue weighted by molar-refractivity contribution is 0.169. The largest absolute Gasteiger partial charge is 0.508 e. The zero-order valence-electron chi connectivity index (χ0n) is 18.6. The number of phenols is 1. The summed E-state index contributed by atoms with van der Waals surface area (Å²) in [6, 6.07) is 5.76. The Kier molecular flexibility index (Phi) is 7.34. The Morgan fingerprint density at radius 1 is 1.22 bits per heavy atom. The van der Waals surface area contributed by atoms with Crippen LogP contribution in [0.25, 0.3) is 11.2 Å². The van der Waals surface area contributed by atoms with Gasteiger partial charge in [0.15, 0.2) is 17.0 Å². The molecule has 0 amide bonds. The molecule has 4 N–H and O–H groups in total. The second-order valence-electron chi connectivity index (χ2n) is 8.54. The molecule has 0 radical (unpaired) electrons. The van der Waals surface area contributed by atoms with E-state index < -0.39 is 6.10 Å². The molecule has 0 saturated heterocycles. The fraction of sp³-hybridized carbons (Fsp3) is 0.522. The van der Waals surface area contributed by atoms with E-state index in [0.717, 1.165) is 39.6 Å². The first-order valence-electron chi connectivity index (χ1n) is 11.4. The molecule has 1 aromatic carbocycles. The lowest BCUT2D eigenvalue weighted by Crippen LogP contribution is -2.31. The van der Waals surface area contributed by atoms with Gasteiger partial charge < -0.3 is 25.4 Å². The summed E-state index contributed by atoms with van der Waals surface area (Å²) in [6.45, 7) is 4.21. The standard InChI is InChI=1S/C23H31IN6O2/c1-3-18(14(2)31)27-23-28-21(25-12-15-11-16(24)9-10-19(15)32)20-22(29-23)30(13-26-20)17-7-5-4-6-8-17/h9-11,13-14,17-18,31-32H,3-8,12H2,1-2H3,(H2,25,27,28,29). The van der Waals surface area contributed by atoms with Gasteiger partial charge in [0.1, 0.15) is 5.75 Å². The van der Waals surface area contributed by atoms with Crippen molar-refractivity contribution < 1.29 is 10.2 Å². The highest BCUT2D eigenvalue weighted by molar-refractivity contribution is 14.1. The Morgan fingerprint density at radius 2 is 2.00 bits per heavy atom. The minimum Gasteiger partial charge on any atom is -0.508 e. The molecule has 32 heavy (non-hydrogen) atoms. The lowest BCUT2D eigenvalue weighted by Gasteiger charge is -2.24. The fourth-order valence-electron chi connectivity index (χ4n) is 4.33. The number of aromatic hydroxyl groups is 1. The van der Waals surface area contributed by atoms with Crippen molar-refractivity contribution in [2.45, 2.75) is 77.1 Å². The van der Waals surface area contributed by atoms with Crippen LogP contribution < -0.4 is 10.6 Å². The quantitative estimate of drug-likeness (QED) is 0.298. The van der Waals surface area contributed by atoms with Gasteiger partial charge in [0.2, 0.25) is 5.95 Å². The van der Waals surface area contributed by atoms with Crippen molar-refractivity contribution in [2.24, 2.45) is 0 Å². The molecule has 8 nitrogen and oxygen atoms in total. The van der Waals surface area contributed by atoms with Crippen LogP contribution in [0.3, 0.4) is 0 Å². The number of rotatable bonds is 8. The molecule has 1 aliphatic rings. The number of anilines is 2. The van der Waals surface area contributed by atoms with Gasteiger partial charge in [-0.25, -0.2) is 4.98 Å². The Balaban J connectivity index is 1.70. The number of benzene rings is 1. The van der Waals surface area contributed by atoms with E-state index in [1.165, 1.54) is 19.3 Å². The fourth-order valence-corrected chi connectivity index (χ4v) is 4.89. The molecule has 1 saturated carbocycles. The van der Waals surface area contributed by atoms with Crippen molar-refractivity contribution in [1.82, 2.24) is 19.5 Å². The first-order valence-corrected chi connectivity index (χ1v) is 12.4. The number of halogens is 1. The molecule has 9 heteroatoms. The predicted molar refractivity (Wildman–Crippen MR) is 135 cm³/mol. The summed E-state index contributed by atoms with van der Waals surface area (Å²) in [6.07, 6.45) is 8.07. The SMILES string of the molecule is CCC(Nc1nc(NCc2cc(I)ccc2O)c2ncn(C3CCCCC3)c2n1)C(C)O. The summed E-state index contributed by atoms with van der Waals surface area (Å²) in [7, 11) is 0. The first kappa shape index (κ1) is 23.0. The van der Waals surface area contributed by atoms with E-state index in [2.05, 4.69) is 42.8 Å². The average molecular weight is 550 g/mol. The van der Waals surface area contributed by atoms with E-state index in [4.69, 9.17) is 9.97 Å². The van der Waals surface area contributed by atoms with Crippen LogP contribution in [-0.4, -0.2) is 41.9 Å². The Morgan fingerprint density at radius 3 is 2.72 bits per heavy atom. The maximum absolute atomic E-state index is 10.2. The third-order valence-corrected chi connectivity index (χ3v) is 6.88. The molecule has 1 aliphatic carbocycles. The van der Waals surface area contributed by atoms with Crippen molar-refractivity contribution in [1.29, 1.82) is 0 Å². The topological polar surface area (TPSA) is 108 Å². The van der Waals surface area contributed by atoms with Crippen LogP contribution in [-0.2, 0) is 6.54 Å². The highest BCUT2D eigenvalue weighted by Gasteiger charge is 2.22. The van der Waals surface area contributed by atoms with Crippen molar-refractivity contribution in [2.75, 3.05) is 10.6 Å². The van der Waals surface area contributed by atoms with Gasteiger partial charge in [-0.15, -0.1) is 0 Å². The number of nitrogens with zero attached hydrogens (tertiary/aromatic N) is 4. The molecule has 0 aliphatic heterocycles. The van der Waals surface area contributed by atoms with Gasteiger partial charge in [0.05, 0.1) is 18.5 Å². The van der Waals surface area contributed by atoms with Crippen LogP contribution in [0, 0.1) is 3.57 Å². The minimum absolute atomic E-state index is 0.147. The number of phenolic OH excluding ortho intramolecular Hbond substituents is 1. The van der Waals surface area contributed by atoms with Crippen LogP contribution in [0.1, 0.15) is 64.0 Å². The number of aromatic nitrogens is 4. The van der Waals surface area contributed by atoms with Crippen LogP contribution >= 0.6 is 22.6 Å². The Bertz CT molecular complexity index is 1060. The molecular weight excluding hydrogens is 519 g/mol. The number of hydrogen-bond acceptors (Lipinski definition) is 7. The molecule has 1 fully saturated rings. The number of imidazole rings is 1. The van der Waals surface area contributed by atoms with Crippen LogP contribution in [0.15, 0.2) is 24.5 Å². The third-order valence-electron chi connectivity index (χ3n) is 6.21. The zero-order chi connectivity index (χ0) is 22.7. The van der Waals surface area contributed by atoms with Gasteiger partial charge in [-0.05, 0) is 67.0 Å². The van der Waals surface area contributed by atoms with E-state index >= 15 is 0 Å². The number of fused-ring (bicyclic) bond motifs is 1. The molecule has 2 unspecified atom stereocenters. The van der Waals surface area contributed by atoms with Gasteiger partial charge in [-0.1, -0.05) is 26.2 Å². The van der Waals surface area contributed by atoms with Crippen LogP contribution in [0.5, 0.6) is 5.75 Å². The number of aliphatic hydroxyl groups is 1. The van der Waals surface area contributed by atoms with Crippen LogP contribution in [0.2, 0.25) is 0 Å². The number of aliphatic hydroxyl groups excluding tert-OH is 1. The molecular formula is C23H31IN6O2. The Labute approximate surface area is 202 Å². The third kappa shape index (κ3) is 5.09. The maximum atomic E-state index is 10.2. The van der Waals surface area contributed by atoms with Crippen molar-refractivity contribution in [3.05, 3.63) is 33.7 Å². The molecule has 2 aromatic heterocycles. The van der Waals surface area contributed by atoms with Crippen molar-refractivity contribution in [3.63, 3.8) is 0 Å². The highest BCUT2D eigenvalue weighted by Crippen LogP contribution is 2.32. The van der Waals surface area contributed by atoms with Crippen molar-refractivity contribution >= 4 is 45.5 Å². The number of nitrogens with one attached hydrogen (secondary N) is 2. The van der Waals surface area contributed by atoms with E-state index in [-0.39, 0.29) is 11.8 Å². The van der Waals surface area contributed by atoms with E-state index in [1.54, 1.807) is 13.0 Å². The molecule has 2 atom stereocenters. The van der Waals surface area contributed by atoms with E-state index in [9.17, 15) is 10.2 Å². The summed E-state index contributed by atoms with van der Waals surface area (Å²) >= 11 is 2.23. The summed E-state index contributed by atoms with van der Waals surface area (Å²) in [5.74, 6) is 1.33. The Hall–Kier alpha value is -2.14. The first-order chi connectivity index (χ1) is 15.5. The highest BCUT2D eigenvalue weighted by atomic mass is 127. The van der Waals surface area contributed by atoms with Gasteiger partial charge in [0, 0.05) is 21.7 Å². The molecule has 172 valence electrons. The molecule has 3 aromatic rings. The average Bonchev–Trinajstić information content (AvgIpc) is 3.22. The van der Waals surface area contributed by atoms with Gasteiger partial charge in [-0.3, -0.25) is 0 Å². The lowest BCUT2D eigenvalue weighted by atomic mass is 9.95. The minimum atomic E-state index is -0.526. The number of hydrogen-bond donors (Lipinski definition) is 4. The summed E-state index contributed by atoms with van der Waals surface area (Å²) in [5.41, 5.74) is 2.31. The van der Waals surface area contributed by atoms with Crippen molar-refractivity contribution in [3.8, 4) is 5.75 Å². The molecule has 0 spiro atoms. The normalized spacial score (nSPS) is 16.8. The van der Waals surface area contributed by atoms with Gasteiger partial charge in [-0.2, -0.15) is 9.97 Å². The van der Waals surface area contributed by atoms with Gasteiger partial charge >= 0.3 is 0 Å². The summed E-state index contributed by atoms with van der Waals surface area (Å²) in [4.78, 5) is 14.2.